The van der Waals surface area contributed by atoms with Gasteiger partial charge in [0.05, 0.1) is 11.1 Å². The number of likely N-dealkylation sites (tertiary alicyclic amines) is 1. The molecule has 0 aromatic heterocycles. The number of hydrogen-bond acceptors (Lipinski definition) is 6. The molecular formula is C23H27F6N5O3. The number of fused-ring (bicyclic) bond motifs is 2. The van der Waals surface area contributed by atoms with Gasteiger partial charge in [-0.1, -0.05) is 0 Å². The lowest BCUT2D eigenvalue weighted by molar-refractivity contribution is -0.143. The van der Waals surface area contributed by atoms with Gasteiger partial charge in [-0.05, 0) is 60.8 Å². The number of amides is 2. The number of nitrogens with zero attached hydrogens (tertiary/aromatic N) is 1. The molecule has 37 heavy (non-hydrogen) atoms. The van der Waals surface area contributed by atoms with E-state index in [2.05, 4.69) is 21.7 Å². The Kier molecular flexibility index (Phi) is 6.77. The summed E-state index contributed by atoms with van der Waals surface area (Å²) in [4.78, 5) is 26.4. The fourth-order valence-corrected chi connectivity index (χ4v) is 5.77. The van der Waals surface area contributed by atoms with Crippen LogP contribution < -0.4 is 21.7 Å². The van der Waals surface area contributed by atoms with E-state index in [1.807, 2.05) is 0 Å². The highest BCUT2D eigenvalue weighted by Crippen LogP contribution is 2.51. The first-order chi connectivity index (χ1) is 17.4. The van der Waals surface area contributed by atoms with E-state index in [-0.39, 0.29) is 41.7 Å². The molecule has 4 fully saturated rings. The third-order valence-electron chi connectivity index (χ3n) is 7.89. The van der Waals surface area contributed by atoms with Crippen molar-refractivity contribution >= 4 is 12.0 Å². The van der Waals surface area contributed by atoms with Crippen molar-refractivity contribution in [3.8, 4) is 0 Å². The number of alkyl halides is 6. The fourth-order valence-electron chi connectivity index (χ4n) is 5.77. The Bertz CT molecular complexity index is 1010. The predicted octanol–water partition coefficient (Wildman–Crippen LogP) is 2.80. The maximum atomic E-state index is 13.0. The number of ether oxygens (including phenoxy) is 1. The minimum atomic E-state index is -4.97. The highest BCUT2D eigenvalue weighted by Gasteiger charge is 2.56. The molecule has 2 saturated carbocycles. The molecule has 4 unspecified atom stereocenters. The molecule has 2 heterocycles. The molecule has 6 atom stereocenters. The standard InChI is InChI=1S/C23H27F6N5O3/c24-22(25,26)13-3-11(4-14(6-13)23(27,28)29)10-37-21(36)34-8-16-15(17(16)9-34)7-30-20(35)12-1-2-18-19(5-12)32-33-31-18/h3-4,6,12,15-19,31-33H,1-2,5,7-10H2,(H,30,35)/t12?,15?,16-,17+,18?,19?. The number of rotatable bonds is 5. The van der Waals surface area contributed by atoms with E-state index in [0.29, 0.717) is 37.8 Å². The normalized spacial score (nSPS) is 31.0. The van der Waals surface area contributed by atoms with Crippen LogP contribution in [0.5, 0.6) is 0 Å². The van der Waals surface area contributed by atoms with E-state index < -0.39 is 41.7 Å². The molecule has 0 spiro atoms. The summed E-state index contributed by atoms with van der Waals surface area (Å²) in [5, 5.41) is 3.02. The third kappa shape index (κ3) is 5.65. The highest BCUT2D eigenvalue weighted by molar-refractivity contribution is 5.79. The predicted molar refractivity (Wildman–Crippen MR) is 116 cm³/mol. The topological polar surface area (TPSA) is 94.7 Å². The van der Waals surface area contributed by atoms with Crippen LogP contribution in [0, 0.1) is 23.7 Å². The Morgan fingerprint density at radius 1 is 0.946 bits per heavy atom. The number of carbonyl (C=O) groups is 2. The average Bonchev–Trinajstić information content (AvgIpc) is 3.19. The van der Waals surface area contributed by atoms with Crippen molar-refractivity contribution < 1.29 is 40.7 Å². The number of halogens is 6. The quantitative estimate of drug-likeness (QED) is 0.434. The number of piperidine rings is 1. The van der Waals surface area contributed by atoms with E-state index in [1.165, 1.54) is 4.90 Å². The van der Waals surface area contributed by atoms with Gasteiger partial charge in [-0.15, -0.1) is 0 Å². The second-order valence-electron chi connectivity index (χ2n) is 10.2. The highest BCUT2D eigenvalue weighted by atomic mass is 19.4. The monoisotopic (exact) mass is 535 g/mol. The fraction of sp³-hybridized carbons (Fsp3) is 0.652. The number of hydrazine groups is 2. The second-order valence-corrected chi connectivity index (χ2v) is 10.2. The zero-order chi connectivity index (χ0) is 26.5. The Hall–Kier alpha value is -2.58. The molecule has 204 valence electrons. The van der Waals surface area contributed by atoms with Crippen LogP contribution in [0.4, 0.5) is 31.1 Å². The SMILES string of the molecule is O=C(NCC1[C@H]2CN(C(=O)OCc3cc(C(F)(F)F)cc(C(F)(F)F)c3)C[C@@H]12)C1CCC2NNNC2C1. The summed E-state index contributed by atoms with van der Waals surface area (Å²) in [7, 11) is 0. The molecule has 1 aromatic rings. The number of benzene rings is 1. The van der Waals surface area contributed by atoms with Crippen LogP contribution in [-0.2, 0) is 28.5 Å². The molecule has 8 nitrogen and oxygen atoms in total. The Morgan fingerprint density at radius 3 is 2.19 bits per heavy atom. The summed E-state index contributed by atoms with van der Waals surface area (Å²) >= 11 is 0. The van der Waals surface area contributed by atoms with Crippen molar-refractivity contribution in [3.63, 3.8) is 0 Å². The number of carbonyl (C=O) groups excluding carboxylic acids is 2. The molecule has 0 bridgehead atoms. The maximum Gasteiger partial charge on any atom is 0.416 e. The second kappa shape index (κ2) is 9.62. The van der Waals surface area contributed by atoms with Crippen LogP contribution in [0.25, 0.3) is 0 Å². The van der Waals surface area contributed by atoms with E-state index in [4.69, 9.17) is 4.74 Å². The van der Waals surface area contributed by atoms with Crippen LogP contribution in [0.1, 0.15) is 36.0 Å². The minimum Gasteiger partial charge on any atom is -0.445 e. The first kappa shape index (κ1) is 26.0. The largest absolute Gasteiger partial charge is 0.445 e. The van der Waals surface area contributed by atoms with Crippen LogP contribution in [0.2, 0.25) is 0 Å². The molecule has 2 aliphatic heterocycles. The van der Waals surface area contributed by atoms with Gasteiger partial charge in [0.25, 0.3) is 0 Å². The Balaban J connectivity index is 1.07. The van der Waals surface area contributed by atoms with Crippen LogP contribution in [-0.4, -0.2) is 48.6 Å². The van der Waals surface area contributed by atoms with Gasteiger partial charge in [0.2, 0.25) is 5.91 Å². The molecule has 2 amide bonds. The van der Waals surface area contributed by atoms with Gasteiger partial charge in [0.1, 0.15) is 6.61 Å². The van der Waals surface area contributed by atoms with Crippen molar-refractivity contribution in [3.05, 3.63) is 34.9 Å². The number of nitrogens with one attached hydrogen (secondary N) is 4. The van der Waals surface area contributed by atoms with Crippen molar-refractivity contribution in [2.45, 2.75) is 50.3 Å². The Labute approximate surface area is 208 Å². The zero-order valence-electron chi connectivity index (χ0n) is 19.6. The summed E-state index contributed by atoms with van der Waals surface area (Å²) in [6.07, 6.45) is -8.29. The summed E-state index contributed by atoms with van der Waals surface area (Å²) in [5.74, 6) is 0.551. The maximum absolute atomic E-state index is 13.0. The van der Waals surface area contributed by atoms with Gasteiger partial charge in [-0.25, -0.2) is 15.6 Å². The zero-order valence-corrected chi connectivity index (χ0v) is 19.6. The third-order valence-corrected chi connectivity index (χ3v) is 7.89. The van der Waals surface area contributed by atoms with Gasteiger partial charge < -0.3 is 15.0 Å². The summed E-state index contributed by atoms with van der Waals surface area (Å²) in [6.45, 7) is 0.542. The smallest absolute Gasteiger partial charge is 0.416 e. The van der Waals surface area contributed by atoms with Crippen molar-refractivity contribution in [2.75, 3.05) is 19.6 Å². The van der Waals surface area contributed by atoms with Crippen molar-refractivity contribution in [2.24, 2.45) is 23.7 Å². The Morgan fingerprint density at radius 2 is 1.57 bits per heavy atom. The molecular weight excluding hydrogens is 508 g/mol. The lowest BCUT2D eigenvalue weighted by atomic mass is 9.82. The average molecular weight is 535 g/mol. The van der Waals surface area contributed by atoms with E-state index in [0.717, 1.165) is 19.3 Å². The molecule has 4 N–H and O–H groups in total. The molecule has 5 rings (SSSR count). The molecule has 2 aliphatic carbocycles. The van der Waals surface area contributed by atoms with Gasteiger partial charge in [-0.3, -0.25) is 4.79 Å². The van der Waals surface area contributed by atoms with E-state index in [1.54, 1.807) is 0 Å². The van der Waals surface area contributed by atoms with Gasteiger partial charge in [0.15, 0.2) is 0 Å². The minimum absolute atomic E-state index is 0.0210. The molecule has 4 aliphatic rings. The van der Waals surface area contributed by atoms with Crippen molar-refractivity contribution in [1.82, 2.24) is 26.6 Å². The summed E-state index contributed by atoms with van der Waals surface area (Å²) < 4.78 is 83.1. The first-order valence-electron chi connectivity index (χ1n) is 12.1. The lowest BCUT2D eigenvalue weighted by Crippen LogP contribution is -2.44. The molecule has 1 aromatic carbocycles. The molecule has 0 radical (unpaired) electrons. The van der Waals surface area contributed by atoms with Crippen LogP contribution in [0.15, 0.2) is 18.2 Å². The molecule has 14 heteroatoms. The van der Waals surface area contributed by atoms with Crippen LogP contribution >= 0.6 is 0 Å². The van der Waals surface area contributed by atoms with Gasteiger partial charge in [0, 0.05) is 37.6 Å². The van der Waals surface area contributed by atoms with Crippen molar-refractivity contribution in [1.29, 1.82) is 0 Å². The first-order valence-corrected chi connectivity index (χ1v) is 12.1. The van der Waals surface area contributed by atoms with E-state index >= 15 is 0 Å². The van der Waals surface area contributed by atoms with Gasteiger partial charge >= 0.3 is 18.4 Å². The summed E-state index contributed by atoms with van der Waals surface area (Å²) in [5.41, 5.74) is 5.83. The molecule has 2 saturated heterocycles. The van der Waals surface area contributed by atoms with E-state index in [9.17, 15) is 35.9 Å². The van der Waals surface area contributed by atoms with Gasteiger partial charge in [-0.2, -0.15) is 31.9 Å². The summed E-state index contributed by atoms with van der Waals surface area (Å²) in [6, 6.07) is 1.65. The number of hydrogen-bond donors (Lipinski definition) is 4. The van der Waals surface area contributed by atoms with Crippen LogP contribution in [0.3, 0.4) is 0 Å². The lowest BCUT2D eigenvalue weighted by Gasteiger charge is -2.29.